The molecular formula is C60H53F2N5. The van der Waals surface area contributed by atoms with Gasteiger partial charge in [-0.05, 0) is 99.3 Å². The minimum Gasteiger partial charge on any atom is -0.354 e. The molecule has 11 rings (SSSR count). The number of nitrogens with zero attached hydrogens (tertiary/aromatic N) is 4. The Morgan fingerprint density at radius 1 is 0.582 bits per heavy atom. The number of alkyl halides is 2. The van der Waals surface area contributed by atoms with E-state index >= 15 is 8.78 Å². The molecule has 7 aromatic carbocycles. The van der Waals surface area contributed by atoms with E-state index < -0.39 is 11.3 Å². The second-order valence-corrected chi connectivity index (χ2v) is 20.6. The number of para-hydroxylation sites is 2. The molecule has 0 amide bonds. The summed E-state index contributed by atoms with van der Waals surface area (Å²) < 4.78 is 35.1. The number of nitrogens with one attached hydrogen (secondary N) is 1. The van der Waals surface area contributed by atoms with Crippen LogP contribution in [-0.2, 0) is 22.2 Å². The average Bonchev–Trinajstić information content (AvgIpc) is 3.90. The molecule has 5 nitrogen and oxygen atoms in total. The highest BCUT2D eigenvalue weighted by Gasteiger charge is 2.41. The van der Waals surface area contributed by atoms with Crippen LogP contribution in [0.5, 0.6) is 0 Å². The van der Waals surface area contributed by atoms with Crippen LogP contribution in [0.3, 0.4) is 0 Å². The molecule has 67 heavy (non-hydrogen) atoms. The maximum absolute atomic E-state index is 16.4. The SMILES string of the molecule is CC(C)(C)c1ccc2[nH]c3c(-c4nc5c(-c6ccc7c(c6)N(c6ccccn6)c6cc(C(F)(F)c8ccccc8)ccc6C7(C)C)cccc5n4-c4ccccc4)ccc(C(C)(C)C)c3c2c1. The second-order valence-electron chi connectivity index (χ2n) is 20.6. The number of pyridine rings is 1. The molecule has 0 saturated heterocycles. The van der Waals surface area contributed by atoms with Crippen LogP contribution >= 0.6 is 0 Å². The summed E-state index contributed by atoms with van der Waals surface area (Å²) in [4.78, 5) is 16.4. The minimum absolute atomic E-state index is 0.0145. The number of fused-ring (bicyclic) bond motifs is 6. The lowest BCUT2D eigenvalue weighted by molar-refractivity contribution is 0.0428. The standard InChI is InChI=1S/C60H53F2N5/c1-57(2,3)39-27-32-48-44(35-39)53-47(58(4,5)6)31-28-43(55(53)64-48)56-65-54-42(22-17-23-49(54)66(56)41-20-13-10-14-21-41)37-25-29-45-50(34-37)67(52-24-15-16-33-63-52)51-36-40(26-30-46(51)59(45,7)8)60(61,62)38-18-11-9-12-19-38/h9-36,64H,1-8H3. The Hall–Kier alpha value is -7.38. The van der Waals surface area contributed by atoms with Crippen molar-refractivity contribution in [3.63, 3.8) is 0 Å². The van der Waals surface area contributed by atoms with Gasteiger partial charge in [-0.15, -0.1) is 0 Å². The van der Waals surface area contributed by atoms with Crippen LogP contribution in [0, 0.1) is 0 Å². The summed E-state index contributed by atoms with van der Waals surface area (Å²) in [6.07, 6.45) is 1.75. The van der Waals surface area contributed by atoms with Gasteiger partial charge in [-0.1, -0.05) is 159 Å². The molecular weight excluding hydrogens is 829 g/mol. The van der Waals surface area contributed by atoms with E-state index in [0.29, 0.717) is 11.5 Å². The Balaban J connectivity index is 1.14. The summed E-state index contributed by atoms with van der Waals surface area (Å²) in [6, 6.07) is 53.7. The van der Waals surface area contributed by atoms with Crippen LogP contribution in [0.15, 0.2) is 170 Å². The largest absolute Gasteiger partial charge is 0.354 e. The van der Waals surface area contributed by atoms with Crippen molar-refractivity contribution in [2.45, 2.75) is 77.6 Å². The van der Waals surface area contributed by atoms with Crippen LogP contribution in [0.25, 0.3) is 61.0 Å². The molecule has 0 atom stereocenters. The zero-order chi connectivity index (χ0) is 46.6. The summed E-state index contributed by atoms with van der Waals surface area (Å²) >= 11 is 0. The first kappa shape index (κ1) is 42.3. The lowest BCUT2D eigenvalue weighted by atomic mass is 9.72. The Morgan fingerprint density at radius 3 is 1.97 bits per heavy atom. The van der Waals surface area contributed by atoms with Crippen molar-refractivity contribution in [3.05, 3.63) is 203 Å². The van der Waals surface area contributed by atoms with Gasteiger partial charge in [0.2, 0.25) is 0 Å². The van der Waals surface area contributed by atoms with E-state index in [1.54, 1.807) is 36.5 Å². The Kier molecular flexibility index (Phi) is 9.51. The number of imidazole rings is 1. The second kappa shape index (κ2) is 15.1. The first-order valence-corrected chi connectivity index (χ1v) is 23.1. The molecule has 332 valence electrons. The number of hydrogen-bond donors (Lipinski definition) is 1. The van der Waals surface area contributed by atoms with Crippen LogP contribution in [0.2, 0.25) is 0 Å². The fourth-order valence-corrected chi connectivity index (χ4v) is 10.3. The third-order valence-corrected chi connectivity index (χ3v) is 13.9. The number of benzene rings is 7. The Bertz CT molecular complexity index is 3540. The number of hydrogen-bond acceptors (Lipinski definition) is 3. The molecule has 10 aromatic rings. The Morgan fingerprint density at radius 2 is 1.27 bits per heavy atom. The van der Waals surface area contributed by atoms with Gasteiger partial charge in [0, 0.05) is 55.8 Å². The molecule has 1 aliphatic rings. The maximum Gasteiger partial charge on any atom is 0.298 e. The molecule has 1 aliphatic heterocycles. The number of rotatable bonds is 6. The molecule has 0 saturated carbocycles. The monoisotopic (exact) mass is 881 g/mol. The van der Waals surface area contributed by atoms with Gasteiger partial charge in [-0.3, -0.25) is 9.47 Å². The van der Waals surface area contributed by atoms with Crippen molar-refractivity contribution >= 4 is 50.0 Å². The molecule has 0 spiro atoms. The fourth-order valence-electron chi connectivity index (χ4n) is 10.3. The third kappa shape index (κ3) is 6.77. The normalized spacial score (nSPS) is 13.9. The van der Waals surface area contributed by atoms with Gasteiger partial charge in [0.1, 0.15) is 11.6 Å². The van der Waals surface area contributed by atoms with E-state index in [2.05, 4.69) is 156 Å². The maximum atomic E-state index is 16.4. The van der Waals surface area contributed by atoms with Crippen LogP contribution in [0.4, 0.5) is 26.0 Å². The van der Waals surface area contributed by atoms with Gasteiger partial charge in [-0.2, -0.15) is 8.78 Å². The topological polar surface area (TPSA) is 49.7 Å². The number of aromatic nitrogens is 4. The first-order valence-electron chi connectivity index (χ1n) is 23.1. The lowest BCUT2D eigenvalue weighted by Crippen LogP contribution is -2.31. The summed E-state index contributed by atoms with van der Waals surface area (Å²) in [5.41, 5.74) is 13.2. The van der Waals surface area contributed by atoms with E-state index in [4.69, 9.17) is 9.97 Å². The predicted octanol–water partition coefficient (Wildman–Crippen LogP) is 16.2. The highest BCUT2D eigenvalue weighted by molar-refractivity contribution is 6.14. The molecule has 7 heteroatoms. The number of anilines is 3. The fraction of sp³-hybridized carbons (Fsp3) is 0.200. The van der Waals surface area contributed by atoms with E-state index in [0.717, 1.165) is 67.1 Å². The van der Waals surface area contributed by atoms with Crippen molar-refractivity contribution in [1.82, 2.24) is 19.5 Å². The molecule has 0 unspecified atom stereocenters. The van der Waals surface area contributed by atoms with Crippen molar-refractivity contribution < 1.29 is 8.78 Å². The van der Waals surface area contributed by atoms with Crippen molar-refractivity contribution in [1.29, 1.82) is 0 Å². The van der Waals surface area contributed by atoms with Crippen LogP contribution in [-0.4, -0.2) is 19.5 Å². The quantitative estimate of drug-likeness (QED) is 0.181. The van der Waals surface area contributed by atoms with Gasteiger partial charge in [0.15, 0.2) is 0 Å². The van der Waals surface area contributed by atoms with Gasteiger partial charge < -0.3 is 4.98 Å². The first-order chi connectivity index (χ1) is 32.0. The molecule has 4 heterocycles. The van der Waals surface area contributed by atoms with E-state index in [1.165, 1.54) is 34.0 Å². The molecule has 0 radical (unpaired) electrons. The minimum atomic E-state index is -3.22. The molecule has 0 fully saturated rings. The number of aromatic amines is 1. The van der Waals surface area contributed by atoms with Crippen molar-refractivity contribution in [2.24, 2.45) is 0 Å². The van der Waals surface area contributed by atoms with Gasteiger partial charge in [0.05, 0.1) is 27.9 Å². The summed E-state index contributed by atoms with van der Waals surface area (Å²) in [5, 5.41) is 2.43. The van der Waals surface area contributed by atoms with Gasteiger partial charge in [0.25, 0.3) is 5.92 Å². The highest BCUT2D eigenvalue weighted by atomic mass is 19.3. The number of H-pyrrole nitrogens is 1. The highest BCUT2D eigenvalue weighted by Crippen LogP contribution is 2.54. The third-order valence-electron chi connectivity index (χ3n) is 13.9. The van der Waals surface area contributed by atoms with Crippen LogP contribution < -0.4 is 4.90 Å². The molecule has 0 bridgehead atoms. The predicted molar refractivity (Wildman–Crippen MR) is 273 cm³/mol. The summed E-state index contributed by atoms with van der Waals surface area (Å²) in [7, 11) is 0. The zero-order valence-corrected chi connectivity index (χ0v) is 39.2. The van der Waals surface area contributed by atoms with E-state index in [-0.39, 0.29) is 22.0 Å². The van der Waals surface area contributed by atoms with Gasteiger partial charge in [-0.25, -0.2) is 9.97 Å². The zero-order valence-electron chi connectivity index (χ0n) is 39.2. The smallest absolute Gasteiger partial charge is 0.298 e. The average molecular weight is 882 g/mol. The lowest BCUT2D eigenvalue weighted by Gasteiger charge is -2.42. The summed E-state index contributed by atoms with van der Waals surface area (Å²) in [5.74, 6) is -1.75. The van der Waals surface area contributed by atoms with Crippen molar-refractivity contribution in [3.8, 4) is 28.2 Å². The van der Waals surface area contributed by atoms with E-state index in [1.807, 2.05) is 35.2 Å². The number of halogens is 2. The Labute approximate surface area is 390 Å². The van der Waals surface area contributed by atoms with Gasteiger partial charge >= 0.3 is 0 Å². The summed E-state index contributed by atoms with van der Waals surface area (Å²) in [6.45, 7) is 18.0. The molecule has 1 N–H and O–H groups in total. The van der Waals surface area contributed by atoms with Crippen LogP contribution in [0.1, 0.15) is 88.8 Å². The van der Waals surface area contributed by atoms with Crippen molar-refractivity contribution in [2.75, 3.05) is 4.90 Å². The van der Waals surface area contributed by atoms with E-state index in [9.17, 15) is 0 Å². The molecule has 3 aromatic heterocycles. The molecule has 0 aliphatic carbocycles.